The van der Waals surface area contributed by atoms with Crippen molar-refractivity contribution in [3.63, 3.8) is 0 Å². The molecule has 22 heavy (non-hydrogen) atoms. The van der Waals surface area contributed by atoms with Gasteiger partial charge in [-0.1, -0.05) is 30.3 Å². The van der Waals surface area contributed by atoms with Gasteiger partial charge in [0.05, 0.1) is 5.92 Å². The van der Waals surface area contributed by atoms with Crippen molar-refractivity contribution < 1.29 is 32.6 Å². The van der Waals surface area contributed by atoms with E-state index >= 15 is 0 Å². The number of esters is 1. The number of ether oxygens (including phenoxy) is 1. The minimum atomic E-state index is -4.92. The minimum absolute atomic E-state index is 0.130. The second kappa shape index (κ2) is 8.38. The first-order valence-corrected chi connectivity index (χ1v) is 6.52. The molecule has 1 aliphatic heterocycles. The topological polar surface area (TPSA) is 75.6 Å². The van der Waals surface area contributed by atoms with Crippen LogP contribution >= 0.6 is 0 Å². The molecule has 8 heteroatoms. The fourth-order valence-corrected chi connectivity index (χ4v) is 1.67. The van der Waals surface area contributed by atoms with Crippen molar-refractivity contribution >= 4 is 11.9 Å². The van der Waals surface area contributed by atoms with E-state index in [2.05, 4.69) is 10.1 Å². The molecule has 0 spiro atoms. The number of carboxylic acid groups (broad SMARTS) is 1. The van der Waals surface area contributed by atoms with Crippen molar-refractivity contribution in [1.82, 2.24) is 5.32 Å². The predicted octanol–water partition coefficient (Wildman–Crippen LogP) is 1.97. The Bertz CT molecular complexity index is 485. The van der Waals surface area contributed by atoms with Gasteiger partial charge in [-0.05, 0) is 18.5 Å². The van der Waals surface area contributed by atoms with E-state index in [9.17, 15) is 22.8 Å². The fraction of sp³-hybridized carbons (Fsp3) is 0.429. The maximum Gasteiger partial charge on any atom is 0.490 e. The number of carboxylic acids is 1. The highest BCUT2D eigenvalue weighted by Crippen LogP contribution is 2.17. The molecule has 1 aromatic rings. The second-order valence-electron chi connectivity index (χ2n) is 4.59. The highest BCUT2D eigenvalue weighted by molar-refractivity contribution is 5.75. The molecule has 1 aliphatic rings. The van der Waals surface area contributed by atoms with Crippen LogP contribution in [0.15, 0.2) is 30.3 Å². The largest absolute Gasteiger partial charge is 0.490 e. The molecule has 0 aromatic heterocycles. The summed E-state index contributed by atoms with van der Waals surface area (Å²) in [6.07, 6.45) is -4.13. The Morgan fingerprint density at radius 3 is 2.32 bits per heavy atom. The van der Waals surface area contributed by atoms with Crippen molar-refractivity contribution in [2.24, 2.45) is 5.92 Å². The van der Waals surface area contributed by atoms with Gasteiger partial charge in [0, 0.05) is 6.54 Å². The Hall–Kier alpha value is -2.09. The average Bonchev–Trinajstić information content (AvgIpc) is 3.00. The van der Waals surface area contributed by atoms with Gasteiger partial charge in [-0.2, -0.15) is 13.2 Å². The van der Waals surface area contributed by atoms with Crippen LogP contribution in [0.25, 0.3) is 0 Å². The number of carbonyl (C=O) groups is 2. The van der Waals surface area contributed by atoms with Crippen molar-refractivity contribution in [3.8, 4) is 0 Å². The molecule has 0 radical (unpaired) electrons. The van der Waals surface area contributed by atoms with E-state index in [0.29, 0.717) is 12.1 Å². The standard InChI is InChI=1S/C9H7F3O2.C5H9NO2/c10-9(11,12)8(13)14-6-7-4-2-1-3-5-7;7-5(8)4-1-2-6-3-4/h1-5H,6H2;4,6H,1-3H2,(H,7,8)/t;4-/m.0/s1. The molecular formula is C14H16F3NO4. The summed E-state index contributed by atoms with van der Waals surface area (Å²) < 4.78 is 39.1. The fourth-order valence-electron chi connectivity index (χ4n) is 1.67. The van der Waals surface area contributed by atoms with Crippen LogP contribution in [0.5, 0.6) is 0 Å². The lowest BCUT2D eigenvalue weighted by molar-refractivity contribution is -0.201. The Morgan fingerprint density at radius 2 is 1.91 bits per heavy atom. The van der Waals surface area contributed by atoms with Gasteiger partial charge in [0.25, 0.3) is 0 Å². The number of hydrogen-bond acceptors (Lipinski definition) is 4. The Morgan fingerprint density at radius 1 is 1.27 bits per heavy atom. The maximum absolute atomic E-state index is 11.7. The zero-order valence-electron chi connectivity index (χ0n) is 11.6. The molecule has 0 bridgehead atoms. The highest BCUT2D eigenvalue weighted by Gasteiger charge is 2.40. The summed E-state index contributed by atoms with van der Waals surface area (Å²) in [7, 11) is 0. The third-order valence-electron chi connectivity index (χ3n) is 2.85. The number of benzene rings is 1. The lowest BCUT2D eigenvalue weighted by atomic mass is 10.1. The van der Waals surface area contributed by atoms with E-state index in [1.54, 1.807) is 30.3 Å². The SMILES string of the molecule is O=C(O)[C@H]1CCNC1.O=C(OCc1ccccc1)C(F)(F)F. The lowest BCUT2D eigenvalue weighted by Crippen LogP contribution is -2.25. The summed E-state index contributed by atoms with van der Waals surface area (Å²) in [4.78, 5) is 20.5. The van der Waals surface area contributed by atoms with Gasteiger partial charge in [0.2, 0.25) is 0 Å². The van der Waals surface area contributed by atoms with Crippen LogP contribution in [0.3, 0.4) is 0 Å². The van der Waals surface area contributed by atoms with Gasteiger partial charge < -0.3 is 15.2 Å². The molecule has 2 N–H and O–H groups in total. The third kappa shape index (κ3) is 6.57. The molecule has 122 valence electrons. The lowest BCUT2D eigenvalue weighted by Gasteiger charge is -2.06. The summed E-state index contributed by atoms with van der Waals surface area (Å²) in [5, 5.41) is 11.3. The number of nitrogens with one attached hydrogen (secondary N) is 1. The first-order chi connectivity index (χ1) is 10.3. The molecule has 0 saturated carbocycles. The Kier molecular flexibility index (Phi) is 6.84. The number of halogens is 3. The predicted molar refractivity (Wildman–Crippen MR) is 70.9 cm³/mol. The van der Waals surface area contributed by atoms with Gasteiger partial charge in [-0.15, -0.1) is 0 Å². The third-order valence-corrected chi connectivity index (χ3v) is 2.85. The smallest absolute Gasteiger partial charge is 0.481 e. The molecule has 0 unspecified atom stereocenters. The summed E-state index contributed by atoms with van der Waals surface area (Å²) in [6.45, 7) is 1.14. The van der Waals surface area contributed by atoms with Gasteiger partial charge in [0.15, 0.2) is 0 Å². The van der Waals surface area contributed by atoms with Crippen LogP contribution in [-0.2, 0) is 20.9 Å². The van der Waals surface area contributed by atoms with Gasteiger partial charge in [-0.3, -0.25) is 4.79 Å². The van der Waals surface area contributed by atoms with Crippen molar-refractivity contribution in [1.29, 1.82) is 0 Å². The molecule has 1 aromatic carbocycles. The highest BCUT2D eigenvalue weighted by atomic mass is 19.4. The molecule has 1 heterocycles. The van der Waals surface area contributed by atoms with Crippen LogP contribution in [0.2, 0.25) is 0 Å². The second-order valence-corrected chi connectivity index (χ2v) is 4.59. The zero-order chi connectivity index (χ0) is 16.6. The van der Waals surface area contributed by atoms with E-state index in [0.717, 1.165) is 13.0 Å². The monoisotopic (exact) mass is 319 g/mol. The van der Waals surface area contributed by atoms with Crippen LogP contribution < -0.4 is 5.32 Å². The van der Waals surface area contributed by atoms with E-state index in [-0.39, 0.29) is 12.5 Å². The van der Waals surface area contributed by atoms with Crippen LogP contribution in [-0.4, -0.2) is 36.3 Å². The van der Waals surface area contributed by atoms with Crippen LogP contribution in [0.4, 0.5) is 13.2 Å². The molecule has 2 rings (SSSR count). The molecule has 1 saturated heterocycles. The number of aliphatic carboxylic acids is 1. The van der Waals surface area contributed by atoms with E-state index in [4.69, 9.17) is 5.11 Å². The van der Waals surface area contributed by atoms with E-state index in [1.165, 1.54) is 0 Å². The van der Waals surface area contributed by atoms with E-state index in [1.807, 2.05) is 0 Å². The van der Waals surface area contributed by atoms with E-state index < -0.39 is 18.1 Å². The van der Waals surface area contributed by atoms with Crippen molar-refractivity contribution in [2.45, 2.75) is 19.2 Å². The molecular weight excluding hydrogens is 303 g/mol. The normalized spacial score (nSPS) is 17.3. The van der Waals surface area contributed by atoms with Gasteiger partial charge in [0.1, 0.15) is 6.61 Å². The molecule has 0 aliphatic carbocycles. The van der Waals surface area contributed by atoms with Crippen molar-refractivity contribution in [2.75, 3.05) is 13.1 Å². The maximum atomic E-state index is 11.7. The minimum Gasteiger partial charge on any atom is -0.481 e. The Balaban J connectivity index is 0.000000255. The summed E-state index contributed by atoms with van der Waals surface area (Å²) in [5.74, 6) is -2.97. The Labute approximate surface area is 125 Å². The van der Waals surface area contributed by atoms with Crippen LogP contribution in [0.1, 0.15) is 12.0 Å². The zero-order valence-corrected chi connectivity index (χ0v) is 11.6. The quantitative estimate of drug-likeness (QED) is 0.833. The number of carbonyl (C=O) groups excluding carboxylic acids is 1. The first-order valence-electron chi connectivity index (χ1n) is 6.52. The average molecular weight is 319 g/mol. The number of hydrogen-bond donors (Lipinski definition) is 2. The molecule has 0 amide bonds. The van der Waals surface area contributed by atoms with Crippen LogP contribution in [0, 0.1) is 5.92 Å². The molecule has 5 nitrogen and oxygen atoms in total. The first kappa shape index (κ1) is 18.0. The van der Waals surface area contributed by atoms with Gasteiger partial charge in [-0.25, -0.2) is 4.79 Å². The van der Waals surface area contributed by atoms with Crippen molar-refractivity contribution in [3.05, 3.63) is 35.9 Å². The van der Waals surface area contributed by atoms with Gasteiger partial charge >= 0.3 is 18.1 Å². The number of alkyl halides is 3. The summed E-state index contributed by atoms with van der Waals surface area (Å²) >= 11 is 0. The molecule has 1 atom stereocenters. The summed E-state index contributed by atoms with van der Waals surface area (Å²) in [6, 6.07) is 8.16. The number of rotatable bonds is 3. The summed E-state index contributed by atoms with van der Waals surface area (Å²) in [5.41, 5.74) is 0.519. The molecule has 1 fully saturated rings.